The van der Waals surface area contributed by atoms with Crippen LogP contribution in [-0.2, 0) is 23.9 Å². The summed E-state index contributed by atoms with van der Waals surface area (Å²) in [6, 6.07) is -1.39. The number of unbranched alkanes of at least 4 members (excludes halogenated alkanes) is 12. The van der Waals surface area contributed by atoms with E-state index in [1.165, 1.54) is 32.1 Å². The Morgan fingerprint density at radius 1 is 0.689 bits per heavy atom. The quantitative estimate of drug-likeness (QED) is 0.0375. The molecule has 2 unspecified atom stereocenters. The smallest absolute Gasteiger partial charge is 0.328 e. The van der Waals surface area contributed by atoms with Crippen LogP contribution in [0.2, 0.25) is 0 Å². The number of esters is 1. The van der Waals surface area contributed by atoms with Crippen LogP contribution in [0.1, 0.15) is 142 Å². The SMILES string of the molecule is CCCC/C=C\C/C=C\CCCCCCCC(=O)OC(/C=C\CCCC)CCCCCCC(=O)NCC(=O)NC(CO)C(=O)O. The number of carboxylic acid groups (broad SMARTS) is 1. The van der Waals surface area contributed by atoms with E-state index in [2.05, 4.69) is 54.9 Å². The van der Waals surface area contributed by atoms with Gasteiger partial charge in [-0.25, -0.2) is 4.79 Å². The Morgan fingerprint density at radius 2 is 1.27 bits per heavy atom. The highest BCUT2D eigenvalue weighted by atomic mass is 16.5. The van der Waals surface area contributed by atoms with E-state index in [9.17, 15) is 19.2 Å². The Labute approximate surface area is 272 Å². The number of aliphatic hydroxyl groups is 1. The van der Waals surface area contributed by atoms with Crippen LogP contribution < -0.4 is 10.6 Å². The van der Waals surface area contributed by atoms with Gasteiger partial charge >= 0.3 is 11.9 Å². The summed E-state index contributed by atoms with van der Waals surface area (Å²) < 4.78 is 5.80. The van der Waals surface area contributed by atoms with Crippen LogP contribution in [0, 0.1) is 0 Å². The molecule has 0 bridgehead atoms. The van der Waals surface area contributed by atoms with E-state index < -0.39 is 24.5 Å². The molecule has 0 saturated carbocycles. The molecule has 0 spiro atoms. The van der Waals surface area contributed by atoms with E-state index in [4.69, 9.17) is 14.9 Å². The van der Waals surface area contributed by atoms with Crippen molar-refractivity contribution in [2.45, 2.75) is 154 Å². The van der Waals surface area contributed by atoms with Gasteiger partial charge < -0.3 is 25.6 Å². The lowest BCUT2D eigenvalue weighted by molar-refractivity contribution is -0.147. The van der Waals surface area contributed by atoms with Gasteiger partial charge in [0.25, 0.3) is 0 Å². The van der Waals surface area contributed by atoms with Gasteiger partial charge in [-0.1, -0.05) is 102 Å². The van der Waals surface area contributed by atoms with Crippen molar-refractivity contribution >= 4 is 23.8 Å². The van der Waals surface area contributed by atoms with Crippen LogP contribution in [0.3, 0.4) is 0 Å². The van der Waals surface area contributed by atoms with Gasteiger partial charge in [-0.3, -0.25) is 14.4 Å². The zero-order valence-electron chi connectivity index (χ0n) is 28.1. The zero-order valence-corrected chi connectivity index (χ0v) is 28.1. The first-order valence-electron chi connectivity index (χ1n) is 17.4. The lowest BCUT2D eigenvalue weighted by Gasteiger charge is -2.15. The zero-order chi connectivity index (χ0) is 33.4. The fourth-order valence-electron chi connectivity index (χ4n) is 4.57. The highest BCUT2D eigenvalue weighted by Crippen LogP contribution is 2.14. The van der Waals surface area contributed by atoms with Crippen molar-refractivity contribution < 1.29 is 34.1 Å². The lowest BCUT2D eigenvalue weighted by atomic mass is 10.1. The van der Waals surface area contributed by atoms with Gasteiger partial charge in [0.2, 0.25) is 11.8 Å². The highest BCUT2D eigenvalue weighted by molar-refractivity contribution is 5.87. The van der Waals surface area contributed by atoms with E-state index >= 15 is 0 Å². The minimum Gasteiger partial charge on any atom is -0.480 e. The second-order valence-corrected chi connectivity index (χ2v) is 11.6. The number of carbonyl (C=O) groups excluding carboxylic acids is 3. The molecule has 9 nitrogen and oxygen atoms in total. The van der Waals surface area contributed by atoms with E-state index in [1.807, 2.05) is 6.08 Å². The molecule has 0 aliphatic heterocycles. The molecule has 0 aromatic rings. The topological polar surface area (TPSA) is 142 Å². The number of carbonyl (C=O) groups is 4. The van der Waals surface area contributed by atoms with Crippen LogP contribution in [0.25, 0.3) is 0 Å². The van der Waals surface area contributed by atoms with Gasteiger partial charge in [-0.2, -0.15) is 0 Å². The standard InChI is InChI=1S/C36H62N2O7/c1-3-5-7-9-10-11-12-13-14-15-16-17-18-24-28-35(42)45-31(25-21-8-6-4-2)26-22-19-20-23-27-33(40)37-29-34(41)38-32(30-39)36(43)44/h9-10,12-13,21,25,31-32,39H,3-8,11,14-20,22-24,26-30H2,1-2H3,(H,37,40)(H,38,41)(H,43,44)/b10-9-,13-12-,25-21-. The maximum absolute atomic E-state index is 12.5. The molecule has 0 radical (unpaired) electrons. The molecule has 4 N–H and O–H groups in total. The Morgan fingerprint density at radius 3 is 1.91 bits per heavy atom. The van der Waals surface area contributed by atoms with Gasteiger partial charge in [0.15, 0.2) is 0 Å². The number of rotatable bonds is 30. The first-order valence-corrected chi connectivity index (χ1v) is 17.4. The maximum Gasteiger partial charge on any atom is 0.328 e. The largest absolute Gasteiger partial charge is 0.480 e. The number of aliphatic hydroxyl groups excluding tert-OH is 1. The van der Waals surface area contributed by atoms with E-state index in [0.717, 1.165) is 77.0 Å². The van der Waals surface area contributed by atoms with Crippen LogP contribution in [0.5, 0.6) is 0 Å². The predicted octanol–water partition coefficient (Wildman–Crippen LogP) is 7.09. The minimum absolute atomic E-state index is 0.135. The van der Waals surface area contributed by atoms with Crippen LogP contribution in [0.15, 0.2) is 36.5 Å². The van der Waals surface area contributed by atoms with Gasteiger partial charge in [-0.15, -0.1) is 0 Å². The number of aliphatic carboxylic acids is 1. The molecule has 0 aliphatic carbocycles. The molecular weight excluding hydrogens is 572 g/mol. The van der Waals surface area contributed by atoms with Crippen molar-refractivity contribution in [1.29, 1.82) is 0 Å². The number of amides is 2. The summed E-state index contributed by atoms with van der Waals surface area (Å²) in [5.74, 6) is -2.43. The van der Waals surface area contributed by atoms with Crippen molar-refractivity contribution in [3.63, 3.8) is 0 Å². The van der Waals surface area contributed by atoms with Crippen LogP contribution >= 0.6 is 0 Å². The fourth-order valence-corrected chi connectivity index (χ4v) is 4.57. The summed E-state index contributed by atoms with van der Waals surface area (Å²) in [5, 5.41) is 22.4. The van der Waals surface area contributed by atoms with E-state index in [1.54, 1.807) is 0 Å². The van der Waals surface area contributed by atoms with Crippen LogP contribution in [0.4, 0.5) is 0 Å². The van der Waals surface area contributed by atoms with E-state index in [0.29, 0.717) is 12.8 Å². The van der Waals surface area contributed by atoms with Crippen LogP contribution in [-0.4, -0.2) is 59.3 Å². The average molecular weight is 635 g/mol. The summed E-state index contributed by atoms with van der Waals surface area (Å²) >= 11 is 0. The lowest BCUT2D eigenvalue weighted by Crippen LogP contribution is -2.47. The Bertz CT molecular complexity index is 869. The average Bonchev–Trinajstić information content (AvgIpc) is 3.02. The molecule has 0 heterocycles. The molecule has 0 rings (SSSR count). The molecule has 258 valence electrons. The number of carboxylic acids is 1. The molecule has 2 atom stereocenters. The number of allylic oxidation sites excluding steroid dienone is 5. The number of nitrogens with one attached hydrogen (secondary N) is 2. The predicted molar refractivity (Wildman–Crippen MR) is 181 cm³/mol. The van der Waals surface area contributed by atoms with Gasteiger partial charge in [-0.05, 0) is 63.9 Å². The summed E-state index contributed by atoms with van der Waals surface area (Å²) in [6.07, 6.45) is 32.1. The van der Waals surface area contributed by atoms with Crippen molar-refractivity contribution in [3.05, 3.63) is 36.5 Å². The minimum atomic E-state index is -1.39. The molecule has 0 aliphatic rings. The normalized spacial score (nSPS) is 13.0. The number of hydrogen-bond donors (Lipinski definition) is 4. The molecular formula is C36H62N2O7. The maximum atomic E-state index is 12.5. The number of hydrogen-bond acceptors (Lipinski definition) is 6. The number of ether oxygens (including phenoxy) is 1. The molecule has 45 heavy (non-hydrogen) atoms. The van der Waals surface area contributed by atoms with Crippen molar-refractivity contribution in [2.75, 3.05) is 13.2 Å². The highest BCUT2D eigenvalue weighted by Gasteiger charge is 2.18. The molecule has 9 heteroatoms. The Hall–Kier alpha value is -2.94. The molecule has 0 aromatic heterocycles. The van der Waals surface area contributed by atoms with E-state index in [-0.39, 0.29) is 30.9 Å². The fraction of sp³-hybridized carbons (Fsp3) is 0.722. The molecule has 0 fully saturated rings. The third-order valence-corrected chi connectivity index (χ3v) is 7.34. The van der Waals surface area contributed by atoms with Crippen molar-refractivity contribution in [1.82, 2.24) is 10.6 Å². The Kier molecular flexibility index (Phi) is 29.0. The Balaban J connectivity index is 4.13. The monoisotopic (exact) mass is 634 g/mol. The van der Waals surface area contributed by atoms with Gasteiger partial charge in [0, 0.05) is 12.8 Å². The molecule has 2 amide bonds. The second-order valence-electron chi connectivity index (χ2n) is 11.6. The van der Waals surface area contributed by atoms with Gasteiger partial charge in [0.05, 0.1) is 13.2 Å². The van der Waals surface area contributed by atoms with Gasteiger partial charge in [0.1, 0.15) is 12.1 Å². The first kappa shape index (κ1) is 42.1. The third kappa shape index (κ3) is 28.3. The summed E-state index contributed by atoms with van der Waals surface area (Å²) in [4.78, 5) is 47.1. The summed E-state index contributed by atoms with van der Waals surface area (Å²) in [6.45, 7) is 3.30. The van der Waals surface area contributed by atoms with Crippen molar-refractivity contribution in [3.8, 4) is 0 Å². The molecule has 0 aromatic carbocycles. The summed E-state index contributed by atoms with van der Waals surface area (Å²) in [5.41, 5.74) is 0. The first-order chi connectivity index (χ1) is 21.8. The van der Waals surface area contributed by atoms with Crippen molar-refractivity contribution in [2.24, 2.45) is 0 Å². The third-order valence-electron chi connectivity index (χ3n) is 7.34. The molecule has 0 saturated heterocycles. The summed E-state index contributed by atoms with van der Waals surface area (Å²) in [7, 11) is 0. The second kappa shape index (κ2) is 31.1.